The van der Waals surface area contributed by atoms with Crippen molar-refractivity contribution >= 4 is 17.6 Å². The van der Waals surface area contributed by atoms with Gasteiger partial charge in [-0.05, 0) is 18.6 Å². The first-order chi connectivity index (χ1) is 9.78. The molecule has 0 spiro atoms. The SMILES string of the molecule is O=C(O)[C@H]1C[C@H]1C(=O)Nc1ccccc1OCC(F)(F)F. The van der Waals surface area contributed by atoms with Crippen LogP contribution in [0.25, 0.3) is 0 Å². The maximum absolute atomic E-state index is 12.1. The van der Waals surface area contributed by atoms with E-state index < -0.39 is 36.5 Å². The van der Waals surface area contributed by atoms with Gasteiger partial charge < -0.3 is 15.2 Å². The van der Waals surface area contributed by atoms with Gasteiger partial charge in [-0.25, -0.2) is 0 Å². The Labute approximate surface area is 117 Å². The zero-order valence-corrected chi connectivity index (χ0v) is 10.7. The highest BCUT2D eigenvalue weighted by Gasteiger charge is 2.48. The molecule has 0 aromatic heterocycles. The van der Waals surface area contributed by atoms with Gasteiger partial charge in [0.2, 0.25) is 5.91 Å². The zero-order chi connectivity index (χ0) is 15.6. The van der Waals surface area contributed by atoms with Gasteiger partial charge in [0.05, 0.1) is 17.5 Å². The van der Waals surface area contributed by atoms with Crippen LogP contribution in [0.3, 0.4) is 0 Å². The molecule has 1 aliphatic carbocycles. The van der Waals surface area contributed by atoms with Crippen LogP contribution in [0.1, 0.15) is 6.42 Å². The molecule has 0 heterocycles. The molecule has 1 aliphatic rings. The number of carboxylic acid groups (broad SMARTS) is 1. The van der Waals surface area contributed by atoms with Crippen LogP contribution in [0.4, 0.5) is 18.9 Å². The molecule has 5 nitrogen and oxygen atoms in total. The van der Waals surface area contributed by atoms with E-state index in [9.17, 15) is 22.8 Å². The van der Waals surface area contributed by atoms with E-state index in [1.165, 1.54) is 24.3 Å². The maximum atomic E-state index is 12.1. The van der Waals surface area contributed by atoms with Crippen molar-refractivity contribution in [2.75, 3.05) is 11.9 Å². The summed E-state index contributed by atoms with van der Waals surface area (Å²) in [5.74, 6) is -3.09. The predicted octanol–water partition coefficient (Wildman–Crippen LogP) is 2.29. The fourth-order valence-corrected chi connectivity index (χ4v) is 1.84. The topological polar surface area (TPSA) is 75.6 Å². The number of alkyl halides is 3. The largest absolute Gasteiger partial charge is 0.482 e. The minimum atomic E-state index is -4.48. The summed E-state index contributed by atoms with van der Waals surface area (Å²) in [6, 6.07) is 5.68. The third-order valence-corrected chi connectivity index (χ3v) is 2.98. The number of hydrogen-bond acceptors (Lipinski definition) is 3. The van der Waals surface area contributed by atoms with Gasteiger partial charge in [-0.1, -0.05) is 12.1 Å². The summed E-state index contributed by atoms with van der Waals surface area (Å²) in [6.07, 6.45) is -4.26. The third kappa shape index (κ3) is 4.11. The summed E-state index contributed by atoms with van der Waals surface area (Å²) in [5, 5.41) is 11.1. The molecule has 0 radical (unpaired) electrons. The van der Waals surface area contributed by atoms with Crippen molar-refractivity contribution in [3.05, 3.63) is 24.3 Å². The Kier molecular flexibility index (Phi) is 4.06. The first-order valence-electron chi connectivity index (χ1n) is 6.10. The average Bonchev–Trinajstić information content (AvgIpc) is 3.17. The molecular weight excluding hydrogens is 291 g/mol. The lowest BCUT2D eigenvalue weighted by atomic mass is 10.2. The number of benzene rings is 1. The van der Waals surface area contributed by atoms with Crippen molar-refractivity contribution < 1.29 is 32.6 Å². The lowest BCUT2D eigenvalue weighted by Gasteiger charge is -2.13. The van der Waals surface area contributed by atoms with Crippen molar-refractivity contribution in [2.24, 2.45) is 11.8 Å². The Morgan fingerprint density at radius 2 is 1.95 bits per heavy atom. The monoisotopic (exact) mass is 303 g/mol. The minimum absolute atomic E-state index is 0.0859. The molecule has 0 aliphatic heterocycles. The number of para-hydroxylation sites is 2. The Morgan fingerprint density at radius 3 is 2.52 bits per heavy atom. The summed E-state index contributed by atoms with van der Waals surface area (Å²) >= 11 is 0. The third-order valence-electron chi connectivity index (χ3n) is 2.98. The van der Waals surface area contributed by atoms with E-state index in [-0.39, 0.29) is 17.9 Å². The normalized spacial score (nSPS) is 20.7. The second kappa shape index (κ2) is 5.63. The molecule has 0 bridgehead atoms. The first-order valence-corrected chi connectivity index (χ1v) is 6.10. The summed E-state index contributed by atoms with van der Waals surface area (Å²) < 4.78 is 41.0. The smallest absolute Gasteiger partial charge is 0.422 e. The standard InChI is InChI=1S/C13H12F3NO4/c14-13(15,16)6-21-10-4-2-1-3-9(10)17-11(18)7-5-8(7)12(19)20/h1-4,7-8H,5-6H2,(H,17,18)(H,19,20)/t7-,8+/m1/s1. The molecule has 8 heteroatoms. The van der Waals surface area contributed by atoms with Gasteiger partial charge in [0.1, 0.15) is 5.75 Å². The number of hydrogen-bond donors (Lipinski definition) is 2. The number of amides is 1. The van der Waals surface area contributed by atoms with Crippen LogP contribution in [-0.4, -0.2) is 29.8 Å². The van der Waals surface area contributed by atoms with Gasteiger partial charge in [-0.3, -0.25) is 9.59 Å². The van der Waals surface area contributed by atoms with Gasteiger partial charge in [0, 0.05) is 0 Å². The molecule has 2 atom stereocenters. The highest BCUT2D eigenvalue weighted by molar-refractivity contribution is 5.99. The summed E-state index contributed by atoms with van der Waals surface area (Å²) in [4.78, 5) is 22.5. The number of rotatable bonds is 5. The zero-order valence-electron chi connectivity index (χ0n) is 10.7. The van der Waals surface area contributed by atoms with E-state index in [2.05, 4.69) is 10.1 Å². The first kappa shape index (κ1) is 15.1. The number of carboxylic acids is 1. The van der Waals surface area contributed by atoms with Gasteiger partial charge in [0.25, 0.3) is 0 Å². The molecule has 0 saturated heterocycles. The number of halogens is 3. The highest BCUT2D eigenvalue weighted by Crippen LogP contribution is 2.40. The molecule has 2 rings (SSSR count). The molecule has 21 heavy (non-hydrogen) atoms. The number of carbonyl (C=O) groups excluding carboxylic acids is 1. The predicted molar refractivity (Wildman–Crippen MR) is 65.9 cm³/mol. The van der Waals surface area contributed by atoms with Crippen LogP contribution in [0.5, 0.6) is 5.75 Å². The molecule has 1 amide bonds. The van der Waals surface area contributed by atoms with Gasteiger partial charge in [0.15, 0.2) is 6.61 Å². The second-order valence-corrected chi connectivity index (χ2v) is 4.68. The van der Waals surface area contributed by atoms with Gasteiger partial charge in [-0.15, -0.1) is 0 Å². The Hall–Kier alpha value is -2.25. The molecule has 1 aromatic rings. The highest BCUT2D eigenvalue weighted by atomic mass is 19.4. The van der Waals surface area contributed by atoms with Crippen molar-refractivity contribution in [2.45, 2.75) is 12.6 Å². The van der Waals surface area contributed by atoms with Gasteiger partial charge >= 0.3 is 12.1 Å². The maximum Gasteiger partial charge on any atom is 0.422 e. The quantitative estimate of drug-likeness (QED) is 0.875. The number of anilines is 1. The fraction of sp³-hybridized carbons (Fsp3) is 0.385. The summed E-state index contributed by atoms with van der Waals surface area (Å²) in [7, 11) is 0. The lowest BCUT2D eigenvalue weighted by Crippen LogP contribution is -2.21. The molecule has 1 saturated carbocycles. The number of ether oxygens (including phenoxy) is 1. The molecule has 0 unspecified atom stereocenters. The Balaban J connectivity index is 2.00. The van der Waals surface area contributed by atoms with Crippen LogP contribution in [0.15, 0.2) is 24.3 Å². The average molecular weight is 303 g/mol. The van der Waals surface area contributed by atoms with Crippen molar-refractivity contribution in [1.82, 2.24) is 0 Å². The van der Waals surface area contributed by atoms with Crippen LogP contribution >= 0.6 is 0 Å². The molecule has 114 valence electrons. The second-order valence-electron chi connectivity index (χ2n) is 4.68. The van der Waals surface area contributed by atoms with E-state index in [1.54, 1.807) is 0 Å². The molecule has 2 N–H and O–H groups in total. The lowest BCUT2D eigenvalue weighted by molar-refractivity contribution is -0.153. The van der Waals surface area contributed by atoms with E-state index >= 15 is 0 Å². The summed E-state index contributed by atoms with van der Waals surface area (Å²) in [5.41, 5.74) is 0.0859. The number of carbonyl (C=O) groups is 2. The van der Waals surface area contributed by atoms with Crippen LogP contribution in [0.2, 0.25) is 0 Å². The van der Waals surface area contributed by atoms with E-state index in [1.807, 2.05) is 0 Å². The Bertz CT molecular complexity index is 559. The number of nitrogens with one attached hydrogen (secondary N) is 1. The van der Waals surface area contributed by atoms with Crippen LogP contribution < -0.4 is 10.1 Å². The molecular formula is C13H12F3NO4. The van der Waals surface area contributed by atoms with Crippen molar-refractivity contribution in [3.63, 3.8) is 0 Å². The van der Waals surface area contributed by atoms with Crippen molar-refractivity contribution in [3.8, 4) is 5.75 Å². The van der Waals surface area contributed by atoms with Crippen LogP contribution in [-0.2, 0) is 9.59 Å². The Morgan fingerprint density at radius 1 is 1.29 bits per heavy atom. The fourth-order valence-electron chi connectivity index (χ4n) is 1.84. The van der Waals surface area contributed by atoms with Crippen molar-refractivity contribution in [1.29, 1.82) is 0 Å². The minimum Gasteiger partial charge on any atom is -0.482 e. The van der Waals surface area contributed by atoms with Gasteiger partial charge in [-0.2, -0.15) is 13.2 Å². The van der Waals surface area contributed by atoms with E-state index in [0.717, 1.165) is 0 Å². The number of aliphatic carboxylic acids is 1. The van der Waals surface area contributed by atoms with E-state index in [4.69, 9.17) is 5.11 Å². The summed E-state index contributed by atoms with van der Waals surface area (Å²) in [6.45, 7) is -1.47. The molecule has 1 aromatic carbocycles. The molecule has 1 fully saturated rings. The van der Waals surface area contributed by atoms with E-state index in [0.29, 0.717) is 0 Å². The van der Waals surface area contributed by atoms with Crippen LogP contribution in [0, 0.1) is 11.8 Å².